The van der Waals surface area contributed by atoms with Crippen LogP contribution < -0.4 is 25.0 Å². The van der Waals surface area contributed by atoms with Crippen LogP contribution in [0.2, 0.25) is 0 Å². The molecule has 0 spiro atoms. The van der Waals surface area contributed by atoms with Crippen molar-refractivity contribution in [2.75, 3.05) is 31.6 Å². The van der Waals surface area contributed by atoms with Gasteiger partial charge in [-0.05, 0) is 31.5 Å². The summed E-state index contributed by atoms with van der Waals surface area (Å²) >= 11 is 0. The highest BCUT2D eigenvalue weighted by molar-refractivity contribution is 14.0. The molecule has 2 aromatic rings. The first-order valence-corrected chi connectivity index (χ1v) is 9.92. The molecule has 10 heteroatoms. The molecule has 0 bridgehead atoms. The zero-order chi connectivity index (χ0) is 21.3. The number of para-hydroxylation sites is 2. The molecule has 2 N–H and O–H groups in total. The van der Waals surface area contributed by atoms with Crippen molar-refractivity contribution in [1.29, 1.82) is 0 Å². The molecule has 31 heavy (non-hydrogen) atoms. The van der Waals surface area contributed by atoms with Crippen molar-refractivity contribution in [3.8, 4) is 11.6 Å². The largest absolute Gasteiger partial charge is 0.481 e. The van der Waals surface area contributed by atoms with Crippen molar-refractivity contribution in [3.05, 3.63) is 48.2 Å². The van der Waals surface area contributed by atoms with Crippen molar-refractivity contribution in [3.63, 3.8) is 0 Å². The minimum atomic E-state index is -2.85. The van der Waals surface area contributed by atoms with Gasteiger partial charge in [0, 0.05) is 31.7 Å². The van der Waals surface area contributed by atoms with Gasteiger partial charge in [0.1, 0.15) is 5.75 Å². The van der Waals surface area contributed by atoms with Gasteiger partial charge in [0.25, 0.3) is 0 Å². The third kappa shape index (κ3) is 7.37. The molecule has 0 aliphatic carbocycles. The number of rotatable bonds is 8. The first kappa shape index (κ1) is 24.9. The van der Waals surface area contributed by atoms with Crippen molar-refractivity contribution in [2.45, 2.75) is 32.5 Å². The summed E-state index contributed by atoms with van der Waals surface area (Å²) in [5.41, 5.74) is 1.47. The van der Waals surface area contributed by atoms with E-state index in [1.807, 2.05) is 30.0 Å². The third-order valence-electron chi connectivity index (χ3n) is 4.68. The van der Waals surface area contributed by atoms with E-state index in [0.29, 0.717) is 30.6 Å². The number of ether oxygens (including phenoxy) is 2. The fraction of sp³-hybridized carbons (Fsp3) is 0.429. The SMILES string of the molecule is CCNC(=NCc1cccc(OC)n1)NC1CCN(c2ccccc2OC(F)F)C1.I. The van der Waals surface area contributed by atoms with Crippen molar-refractivity contribution in [1.82, 2.24) is 15.6 Å². The number of guanidine groups is 1. The second-order valence-corrected chi connectivity index (χ2v) is 6.79. The molecule has 1 aromatic carbocycles. The highest BCUT2D eigenvalue weighted by atomic mass is 127. The summed E-state index contributed by atoms with van der Waals surface area (Å²) in [4.78, 5) is 11.0. The molecule has 1 aliphatic heterocycles. The molecule has 1 aliphatic rings. The van der Waals surface area contributed by atoms with Gasteiger partial charge in [-0.3, -0.25) is 0 Å². The van der Waals surface area contributed by atoms with Crippen LogP contribution in [-0.2, 0) is 6.54 Å². The lowest BCUT2D eigenvalue weighted by atomic mass is 10.2. The number of aromatic nitrogens is 1. The number of hydrogen-bond donors (Lipinski definition) is 2. The number of nitrogens with zero attached hydrogens (tertiary/aromatic N) is 3. The van der Waals surface area contributed by atoms with Crippen LogP contribution in [0.15, 0.2) is 47.5 Å². The molecule has 170 valence electrons. The second kappa shape index (κ2) is 12.5. The number of nitrogens with one attached hydrogen (secondary N) is 2. The first-order valence-electron chi connectivity index (χ1n) is 9.92. The topological polar surface area (TPSA) is 71.0 Å². The lowest BCUT2D eigenvalue weighted by Crippen LogP contribution is -2.44. The first-order chi connectivity index (χ1) is 14.6. The van der Waals surface area contributed by atoms with Crippen molar-refractivity contribution < 1.29 is 18.3 Å². The average Bonchev–Trinajstić information content (AvgIpc) is 3.20. The number of benzene rings is 1. The van der Waals surface area contributed by atoms with E-state index in [4.69, 9.17) is 4.74 Å². The van der Waals surface area contributed by atoms with E-state index in [0.717, 1.165) is 25.2 Å². The Hall–Kier alpha value is -2.37. The third-order valence-corrected chi connectivity index (χ3v) is 4.68. The standard InChI is InChI=1S/C21H27F2N5O2.HI/c1-3-24-21(25-13-15-7-6-10-19(26-15)29-2)27-16-11-12-28(14-16)17-8-4-5-9-18(17)30-20(22)23;/h4-10,16,20H,3,11-14H2,1-2H3,(H2,24,25,27);1H. The van der Waals surface area contributed by atoms with E-state index in [9.17, 15) is 8.78 Å². The van der Waals surface area contributed by atoms with E-state index in [-0.39, 0.29) is 35.8 Å². The molecule has 0 amide bonds. The van der Waals surface area contributed by atoms with E-state index in [1.165, 1.54) is 0 Å². The van der Waals surface area contributed by atoms with E-state index in [2.05, 4.69) is 25.3 Å². The molecule has 0 saturated carbocycles. The molecule has 2 heterocycles. The summed E-state index contributed by atoms with van der Waals surface area (Å²) in [5, 5.41) is 6.66. The minimum absolute atomic E-state index is 0. The van der Waals surface area contributed by atoms with Gasteiger partial charge < -0.3 is 25.0 Å². The molecule has 1 saturated heterocycles. The maximum absolute atomic E-state index is 12.7. The molecular weight excluding hydrogens is 519 g/mol. The van der Waals surface area contributed by atoms with Gasteiger partial charge in [0.2, 0.25) is 5.88 Å². The van der Waals surface area contributed by atoms with E-state index >= 15 is 0 Å². The van der Waals surface area contributed by atoms with Crippen LogP contribution in [0, 0.1) is 0 Å². The van der Waals surface area contributed by atoms with Crippen LogP contribution in [0.4, 0.5) is 14.5 Å². The zero-order valence-corrected chi connectivity index (χ0v) is 19.9. The molecule has 1 fully saturated rings. The van der Waals surface area contributed by atoms with Crippen molar-refractivity contribution in [2.24, 2.45) is 4.99 Å². The second-order valence-electron chi connectivity index (χ2n) is 6.79. The number of hydrogen-bond acceptors (Lipinski definition) is 5. The van der Waals surface area contributed by atoms with E-state index in [1.54, 1.807) is 31.4 Å². The molecule has 0 radical (unpaired) electrons. The fourth-order valence-corrected chi connectivity index (χ4v) is 3.34. The molecular formula is C21H28F2IN5O2. The summed E-state index contributed by atoms with van der Waals surface area (Å²) in [6.45, 7) is 1.68. The fourth-order valence-electron chi connectivity index (χ4n) is 3.34. The Labute approximate surface area is 198 Å². The predicted molar refractivity (Wildman–Crippen MR) is 128 cm³/mol. The Kier molecular flexibility index (Phi) is 10.0. The summed E-state index contributed by atoms with van der Waals surface area (Å²) < 4.78 is 35.2. The van der Waals surface area contributed by atoms with Gasteiger partial charge in [-0.1, -0.05) is 18.2 Å². The van der Waals surface area contributed by atoms with Gasteiger partial charge in [-0.2, -0.15) is 8.78 Å². The summed E-state index contributed by atoms with van der Waals surface area (Å²) in [6.07, 6.45) is 0.852. The quantitative estimate of drug-likeness (QED) is 0.299. The normalized spacial score (nSPS) is 16.1. The highest BCUT2D eigenvalue weighted by Crippen LogP contribution is 2.31. The maximum Gasteiger partial charge on any atom is 0.387 e. The van der Waals surface area contributed by atoms with Gasteiger partial charge in [0.05, 0.1) is 25.0 Å². The van der Waals surface area contributed by atoms with Crippen LogP contribution in [0.5, 0.6) is 11.6 Å². The molecule has 1 aromatic heterocycles. The Morgan fingerprint density at radius 3 is 2.81 bits per heavy atom. The Bertz CT molecular complexity index is 856. The van der Waals surface area contributed by atoms with Gasteiger partial charge in [0.15, 0.2) is 5.96 Å². The molecule has 3 rings (SSSR count). The van der Waals surface area contributed by atoms with E-state index < -0.39 is 6.61 Å². The smallest absolute Gasteiger partial charge is 0.387 e. The monoisotopic (exact) mass is 547 g/mol. The maximum atomic E-state index is 12.7. The van der Waals surface area contributed by atoms with Crippen molar-refractivity contribution >= 4 is 35.6 Å². The average molecular weight is 547 g/mol. The van der Waals surface area contributed by atoms with Crippen LogP contribution in [0.3, 0.4) is 0 Å². The lowest BCUT2D eigenvalue weighted by molar-refractivity contribution is -0.0495. The number of halogens is 3. The van der Waals surface area contributed by atoms with Crippen LogP contribution >= 0.6 is 24.0 Å². The molecule has 1 unspecified atom stereocenters. The Balaban J connectivity index is 0.00000341. The van der Waals surface area contributed by atoms with Crippen LogP contribution in [0.1, 0.15) is 19.0 Å². The summed E-state index contributed by atoms with van der Waals surface area (Å²) in [7, 11) is 1.58. The van der Waals surface area contributed by atoms with Gasteiger partial charge in [-0.15, -0.1) is 24.0 Å². The van der Waals surface area contributed by atoms with Gasteiger partial charge >= 0.3 is 6.61 Å². The Morgan fingerprint density at radius 1 is 1.26 bits per heavy atom. The summed E-state index contributed by atoms with van der Waals surface area (Å²) in [5.74, 6) is 1.43. The lowest BCUT2D eigenvalue weighted by Gasteiger charge is -2.22. The molecule has 7 nitrogen and oxygen atoms in total. The highest BCUT2D eigenvalue weighted by Gasteiger charge is 2.26. The molecule has 1 atom stereocenters. The van der Waals surface area contributed by atoms with Crippen LogP contribution in [0.25, 0.3) is 0 Å². The minimum Gasteiger partial charge on any atom is -0.481 e. The number of methoxy groups -OCH3 is 1. The number of alkyl halides is 2. The summed E-state index contributed by atoms with van der Waals surface area (Å²) in [6, 6.07) is 12.6. The predicted octanol–water partition coefficient (Wildman–Crippen LogP) is 3.64. The Morgan fingerprint density at radius 2 is 2.06 bits per heavy atom. The van der Waals surface area contributed by atoms with Crippen LogP contribution in [-0.4, -0.2) is 50.3 Å². The zero-order valence-electron chi connectivity index (χ0n) is 17.6. The van der Waals surface area contributed by atoms with Gasteiger partial charge in [-0.25, -0.2) is 9.98 Å². The number of pyridine rings is 1. The number of aliphatic imine (C=N–C) groups is 1. The number of anilines is 1.